The summed E-state index contributed by atoms with van der Waals surface area (Å²) in [4.78, 5) is 13.1. The molecule has 3 rings (SSSR count). The molecule has 0 bridgehead atoms. The van der Waals surface area contributed by atoms with Crippen molar-refractivity contribution in [2.75, 3.05) is 0 Å². The molecular formula is C20H18Cl2N2O4S. The van der Waals surface area contributed by atoms with Crippen LogP contribution < -0.4 is 0 Å². The third-order valence-electron chi connectivity index (χ3n) is 4.78. The molecule has 29 heavy (non-hydrogen) atoms. The normalized spacial score (nSPS) is 11.7. The van der Waals surface area contributed by atoms with Gasteiger partial charge in [-0.05, 0) is 56.2 Å². The van der Waals surface area contributed by atoms with Gasteiger partial charge in [0.1, 0.15) is 0 Å². The van der Waals surface area contributed by atoms with E-state index in [9.17, 15) is 17.8 Å². The van der Waals surface area contributed by atoms with E-state index in [1.54, 1.807) is 46.0 Å². The lowest BCUT2D eigenvalue weighted by Crippen LogP contribution is -2.08. The highest BCUT2D eigenvalue weighted by Crippen LogP contribution is 2.35. The Morgan fingerprint density at radius 1 is 1.10 bits per heavy atom. The number of hydrogen-bond acceptors (Lipinski definition) is 4. The lowest BCUT2D eigenvalue weighted by atomic mass is 9.95. The molecule has 1 heterocycles. The van der Waals surface area contributed by atoms with Crippen LogP contribution >= 0.6 is 23.2 Å². The molecule has 1 N–H and O–H groups in total. The first-order chi connectivity index (χ1) is 13.4. The molecular weight excluding hydrogens is 435 g/mol. The molecule has 3 aromatic rings. The Kier molecular flexibility index (Phi) is 5.62. The topological polar surface area (TPSA) is 89.3 Å². The number of aromatic nitrogens is 2. The number of halogens is 2. The molecule has 2 aromatic carbocycles. The number of carbonyl (C=O) groups is 1. The van der Waals surface area contributed by atoms with Crippen LogP contribution in [0, 0.1) is 20.8 Å². The van der Waals surface area contributed by atoms with Crippen molar-refractivity contribution in [3.8, 4) is 11.3 Å². The highest BCUT2D eigenvalue weighted by molar-refractivity contribution is 7.85. The predicted molar refractivity (Wildman–Crippen MR) is 113 cm³/mol. The molecule has 0 aliphatic rings. The van der Waals surface area contributed by atoms with Crippen LogP contribution in [0.5, 0.6) is 0 Å². The van der Waals surface area contributed by atoms with Gasteiger partial charge in [0.25, 0.3) is 10.1 Å². The van der Waals surface area contributed by atoms with Gasteiger partial charge in [-0.15, -0.1) is 0 Å². The second kappa shape index (κ2) is 7.57. The smallest absolute Gasteiger partial charge is 0.288 e. The molecule has 152 valence electrons. The second-order valence-corrected chi connectivity index (χ2v) is 8.95. The number of benzene rings is 2. The molecule has 0 saturated carbocycles. The first kappa shape index (κ1) is 21.5. The Morgan fingerprint density at radius 2 is 1.76 bits per heavy atom. The van der Waals surface area contributed by atoms with Gasteiger partial charge in [0.05, 0.1) is 26.9 Å². The van der Waals surface area contributed by atoms with Crippen LogP contribution in [0.15, 0.2) is 35.2 Å². The van der Waals surface area contributed by atoms with Crippen molar-refractivity contribution >= 4 is 39.1 Å². The van der Waals surface area contributed by atoms with Gasteiger partial charge in [0, 0.05) is 23.2 Å². The number of hydrogen-bond donors (Lipinski definition) is 1. The largest absolute Gasteiger partial charge is 0.294 e. The van der Waals surface area contributed by atoms with Crippen molar-refractivity contribution in [1.82, 2.24) is 9.78 Å². The highest BCUT2D eigenvalue weighted by Gasteiger charge is 2.26. The summed E-state index contributed by atoms with van der Waals surface area (Å²) in [6, 6.07) is 7.35. The van der Waals surface area contributed by atoms with Crippen LogP contribution in [0.4, 0.5) is 0 Å². The standard InChI is InChI=1S/C20H18Cl2N2O4S/c1-10-5-6-13(29(26,27)28)9-15(10)19-17(12(3)23-24(19)4)20(25)14-7-8-16(21)11(2)18(14)22/h5-9H,1-4H3,(H,26,27,28). The molecule has 0 aliphatic heterocycles. The molecule has 0 amide bonds. The van der Waals surface area contributed by atoms with Crippen LogP contribution in [0.3, 0.4) is 0 Å². The Morgan fingerprint density at radius 3 is 2.38 bits per heavy atom. The first-order valence-corrected chi connectivity index (χ1v) is 10.7. The van der Waals surface area contributed by atoms with Crippen molar-refractivity contribution in [2.45, 2.75) is 25.7 Å². The number of nitrogens with zero attached hydrogens (tertiary/aromatic N) is 2. The van der Waals surface area contributed by atoms with Gasteiger partial charge in [0.15, 0.2) is 5.78 Å². The third kappa shape index (κ3) is 3.83. The minimum Gasteiger partial charge on any atom is -0.288 e. The fourth-order valence-electron chi connectivity index (χ4n) is 3.23. The summed E-state index contributed by atoms with van der Waals surface area (Å²) in [5, 5.41) is 5.05. The molecule has 9 heteroatoms. The summed E-state index contributed by atoms with van der Waals surface area (Å²) < 4.78 is 34.2. The number of aryl methyl sites for hydroxylation is 3. The zero-order chi connectivity index (χ0) is 21.7. The summed E-state index contributed by atoms with van der Waals surface area (Å²) in [5.41, 5.74) is 3.24. The molecule has 0 saturated heterocycles. The van der Waals surface area contributed by atoms with E-state index >= 15 is 0 Å². The minimum atomic E-state index is -4.41. The van der Waals surface area contributed by atoms with E-state index in [1.807, 2.05) is 0 Å². The van der Waals surface area contributed by atoms with Crippen LogP contribution in [0.25, 0.3) is 11.3 Å². The average molecular weight is 453 g/mol. The van der Waals surface area contributed by atoms with E-state index in [0.29, 0.717) is 38.7 Å². The van der Waals surface area contributed by atoms with Crippen molar-refractivity contribution in [1.29, 1.82) is 0 Å². The van der Waals surface area contributed by atoms with Crippen LogP contribution in [0.2, 0.25) is 10.0 Å². The minimum absolute atomic E-state index is 0.250. The first-order valence-electron chi connectivity index (χ1n) is 8.55. The van der Waals surface area contributed by atoms with Gasteiger partial charge < -0.3 is 0 Å². The van der Waals surface area contributed by atoms with E-state index in [0.717, 1.165) is 0 Å². The Balaban J connectivity index is 2.29. The fraction of sp³-hybridized carbons (Fsp3) is 0.200. The van der Waals surface area contributed by atoms with Crippen molar-refractivity contribution in [3.63, 3.8) is 0 Å². The number of carbonyl (C=O) groups excluding carboxylic acids is 1. The Hall–Kier alpha value is -2.19. The second-order valence-electron chi connectivity index (χ2n) is 6.75. The molecule has 1 aromatic heterocycles. The summed E-state index contributed by atoms with van der Waals surface area (Å²) in [6.45, 7) is 5.19. The molecule has 0 atom stereocenters. The van der Waals surface area contributed by atoms with Crippen LogP contribution in [0.1, 0.15) is 32.7 Å². The molecule has 0 aliphatic carbocycles. The third-order valence-corrected chi connectivity index (χ3v) is 6.52. The molecule has 0 spiro atoms. The molecule has 0 fully saturated rings. The maximum Gasteiger partial charge on any atom is 0.294 e. The zero-order valence-corrected chi connectivity index (χ0v) is 18.4. The van der Waals surface area contributed by atoms with Gasteiger partial charge in [0.2, 0.25) is 0 Å². The maximum absolute atomic E-state index is 13.4. The van der Waals surface area contributed by atoms with Crippen molar-refractivity contribution in [3.05, 3.63) is 68.3 Å². The Labute approximate surface area is 178 Å². The molecule has 0 radical (unpaired) electrons. The van der Waals surface area contributed by atoms with Gasteiger partial charge in [-0.3, -0.25) is 14.0 Å². The van der Waals surface area contributed by atoms with E-state index in [-0.39, 0.29) is 21.3 Å². The summed E-state index contributed by atoms with van der Waals surface area (Å²) >= 11 is 12.5. The van der Waals surface area contributed by atoms with Gasteiger partial charge >= 0.3 is 0 Å². The number of ketones is 1. The predicted octanol–water partition coefficient (Wildman–Crippen LogP) is 4.80. The number of rotatable bonds is 4. The zero-order valence-electron chi connectivity index (χ0n) is 16.1. The average Bonchev–Trinajstić information content (AvgIpc) is 2.92. The molecule has 0 unspecified atom stereocenters. The van der Waals surface area contributed by atoms with E-state index in [4.69, 9.17) is 23.2 Å². The van der Waals surface area contributed by atoms with Crippen LogP contribution in [-0.4, -0.2) is 28.5 Å². The lowest BCUT2D eigenvalue weighted by Gasteiger charge is -2.12. The maximum atomic E-state index is 13.4. The lowest BCUT2D eigenvalue weighted by molar-refractivity contribution is 0.103. The van der Waals surface area contributed by atoms with E-state index in [1.165, 1.54) is 16.8 Å². The quantitative estimate of drug-likeness (QED) is 0.453. The molecule has 6 nitrogen and oxygen atoms in total. The SMILES string of the molecule is Cc1ccc(S(=O)(=O)O)cc1-c1c(C(=O)c2ccc(Cl)c(C)c2Cl)c(C)nn1C. The van der Waals surface area contributed by atoms with E-state index < -0.39 is 10.1 Å². The summed E-state index contributed by atoms with van der Waals surface area (Å²) in [7, 11) is -2.75. The fourth-order valence-corrected chi connectivity index (χ4v) is 4.19. The van der Waals surface area contributed by atoms with Gasteiger partial charge in [-0.25, -0.2) is 0 Å². The van der Waals surface area contributed by atoms with Crippen molar-refractivity contribution < 1.29 is 17.8 Å². The van der Waals surface area contributed by atoms with Gasteiger partial charge in [-0.1, -0.05) is 29.3 Å². The monoisotopic (exact) mass is 452 g/mol. The van der Waals surface area contributed by atoms with Crippen LogP contribution in [-0.2, 0) is 17.2 Å². The Bertz CT molecular complexity index is 1260. The van der Waals surface area contributed by atoms with Crippen molar-refractivity contribution in [2.24, 2.45) is 7.05 Å². The summed E-state index contributed by atoms with van der Waals surface area (Å²) in [5.74, 6) is -0.355. The summed E-state index contributed by atoms with van der Waals surface area (Å²) in [6.07, 6.45) is 0. The highest BCUT2D eigenvalue weighted by atomic mass is 35.5. The van der Waals surface area contributed by atoms with E-state index in [2.05, 4.69) is 5.10 Å². The van der Waals surface area contributed by atoms with Gasteiger partial charge in [-0.2, -0.15) is 13.5 Å².